The van der Waals surface area contributed by atoms with Crippen molar-refractivity contribution in [1.82, 2.24) is 0 Å². The third-order valence-corrected chi connectivity index (χ3v) is 4.56. The van der Waals surface area contributed by atoms with E-state index in [2.05, 4.69) is 0 Å². The molecule has 12 heteroatoms. The molecule has 0 aromatic heterocycles. The van der Waals surface area contributed by atoms with Crippen molar-refractivity contribution in [2.75, 3.05) is 6.61 Å². The van der Waals surface area contributed by atoms with E-state index in [1.807, 2.05) is 0 Å². The first-order chi connectivity index (χ1) is 15.4. The van der Waals surface area contributed by atoms with Crippen LogP contribution in [0.15, 0.2) is 18.2 Å². The van der Waals surface area contributed by atoms with Gasteiger partial charge in [0.05, 0.1) is 5.56 Å². The summed E-state index contributed by atoms with van der Waals surface area (Å²) in [6.45, 7) is 3.59. The van der Waals surface area contributed by atoms with Crippen LogP contribution in [-0.4, -0.2) is 60.0 Å². The van der Waals surface area contributed by atoms with E-state index in [0.717, 1.165) is 45.9 Å². The molecule has 0 aliphatic carbocycles. The van der Waals surface area contributed by atoms with E-state index in [-0.39, 0.29) is 11.1 Å². The van der Waals surface area contributed by atoms with Crippen LogP contribution in [0.5, 0.6) is 0 Å². The Hall–Kier alpha value is -3.56. The Morgan fingerprint density at radius 1 is 1.03 bits per heavy atom. The van der Waals surface area contributed by atoms with Crippen LogP contribution in [0.3, 0.4) is 0 Å². The van der Waals surface area contributed by atoms with E-state index in [1.165, 1.54) is 0 Å². The molecule has 178 valence electrons. The van der Waals surface area contributed by atoms with Gasteiger partial charge in [-0.2, -0.15) is 5.26 Å². The van der Waals surface area contributed by atoms with Gasteiger partial charge in [-0.25, -0.2) is 4.39 Å². The molecule has 0 bridgehead atoms. The third-order valence-electron chi connectivity index (χ3n) is 4.56. The SMILES string of the molecule is CC(=O)OC[C@H]1OC(O)(c2ccc(C#N)c(F)c2)[C@H](OC(C)=O)[C@@H](OC(C)=O)[C@@H]1OC(C)=O. The van der Waals surface area contributed by atoms with E-state index in [9.17, 15) is 28.7 Å². The highest BCUT2D eigenvalue weighted by molar-refractivity contribution is 5.69. The van der Waals surface area contributed by atoms with Gasteiger partial charge in [-0.1, -0.05) is 6.07 Å². The Labute approximate surface area is 187 Å². The minimum absolute atomic E-state index is 0.309. The van der Waals surface area contributed by atoms with Crippen LogP contribution in [0.25, 0.3) is 0 Å². The fraction of sp³-hybridized carbons (Fsp3) is 0.476. The van der Waals surface area contributed by atoms with Gasteiger partial charge in [0.25, 0.3) is 0 Å². The van der Waals surface area contributed by atoms with Crippen molar-refractivity contribution in [3.05, 3.63) is 35.1 Å². The molecule has 11 nitrogen and oxygen atoms in total. The highest BCUT2D eigenvalue weighted by Crippen LogP contribution is 2.41. The van der Waals surface area contributed by atoms with Crippen molar-refractivity contribution in [3.8, 4) is 6.07 Å². The second-order valence-corrected chi connectivity index (χ2v) is 7.14. The molecule has 1 saturated heterocycles. The fourth-order valence-electron chi connectivity index (χ4n) is 3.34. The second-order valence-electron chi connectivity index (χ2n) is 7.14. The van der Waals surface area contributed by atoms with Gasteiger partial charge in [-0.3, -0.25) is 19.2 Å². The van der Waals surface area contributed by atoms with Gasteiger partial charge < -0.3 is 28.8 Å². The molecule has 0 spiro atoms. The maximum atomic E-state index is 14.4. The number of hydrogen-bond acceptors (Lipinski definition) is 11. The number of carbonyl (C=O) groups excluding carboxylic acids is 4. The van der Waals surface area contributed by atoms with Gasteiger partial charge in [0, 0.05) is 33.3 Å². The number of aliphatic hydroxyl groups is 1. The summed E-state index contributed by atoms with van der Waals surface area (Å²) in [4.78, 5) is 46.7. The van der Waals surface area contributed by atoms with Crippen molar-refractivity contribution < 1.29 is 52.4 Å². The van der Waals surface area contributed by atoms with Crippen molar-refractivity contribution >= 4 is 23.9 Å². The number of halogens is 1. The first kappa shape index (κ1) is 25.7. The predicted molar refractivity (Wildman–Crippen MR) is 103 cm³/mol. The Balaban J connectivity index is 2.68. The summed E-state index contributed by atoms with van der Waals surface area (Å²) in [5, 5.41) is 20.5. The minimum Gasteiger partial charge on any atom is -0.463 e. The van der Waals surface area contributed by atoms with Crippen molar-refractivity contribution in [3.63, 3.8) is 0 Å². The smallest absolute Gasteiger partial charge is 0.303 e. The summed E-state index contributed by atoms with van der Waals surface area (Å²) in [6, 6.07) is 4.58. The van der Waals surface area contributed by atoms with E-state index in [0.29, 0.717) is 0 Å². The molecule has 1 fully saturated rings. The monoisotopic (exact) mass is 467 g/mol. The van der Waals surface area contributed by atoms with Crippen molar-refractivity contribution in [2.24, 2.45) is 0 Å². The molecule has 1 heterocycles. The van der Waals surface area contributed by atoms with Crippen LogP contribution >= 0.6 is 0 Å². The van der Waals surface area contributed by atoms with Crippen LogP contribution in [0.1, 0.15) is 38.8 Å². The molecule has 2 rings (SSSR count). The lowest BCUT2D eigenvalue weighted by Gasteiger charge is -2.48. The zero-order chi connectivity index (χ0) is 24.9. The Morgan fingerprint density at radius 2 is 1.61 bits per heavy atom. The lowest BCUT2D eigenvalue weighted by molar-refractivity contribution is -0.360. The molecule has 1 unspecified atom stereocenters. The van der Waals surface area contributed by atoms with Crippen LogP contribution in [-0.2, 0) is 48.6 Å². The average Bonchev–Trinajstić information content (AvgIpc) is 2.70. The summed E-state index contributed by atoms with van der Waals surface area (Å²) in [6.07, 6.45) is -6.41. The molecule has 5 atom stereocenters. The normalized spacial score (nSPS) is 26.5. The number of nitriles is 1. The number of benzene rings is 1. The summed E-state index contributed by atoms with van der Waals surface area (Å²) >= 11 is 0. The summed E-state index contributed by atoms with van der Waals surface area (Å²) in [5.74, 6) is -7.09. The van der Waals surface area contributed by atoms with Gasteiger partial charge >= 0.3 is 23.9 Å². The zero-order valence-corrected chi connectivity index (χ0v) is 18.2. The maximum Gasteiger partial charge on any atom is 0.303 e. The molecule has 33 heavy (non-hydrogen) atoms. The number of nitrogens with zero attached hydrogens (tertiary/aromatic N) is 1. The molecule has 0 saturated carbocycles. The molecule has 1 N–H and O–H groups in total. The van der Waals surface area contributed by atoms with Crippen LogP contribution in [0.4, 0.5) is 4.39 Å². The molecule has 1 aromatic rings. The van der Waals surface area contributed by atoms with Gasteiger partial charge in [0.15, 0.2) is 12.2 Å². The lowest BCUT2D eigenvalue weighted by Crippen LogP contribution is -2.66. The topological polar surface area (TPSA) is 158 Å². The van der Waals surface area contributed by atoms with Gasteiger partial charge in [-0.05, 0) is 12.1 Å². The van der Waals surface area contributed by atoms with E-state index >= 15 is 0 Å². The van der Waals surface area contributed by atoms with Crippen LogP contribution in [0.2, 0.25) is 0 Å². The summed E-state index contributed by atoms with van der Waals surface area (Å²) < 4.78 is 40.5. The molecule has 1 aliphatic rings. The molecular formula is C21H22FNO10. The summed E-state index contributed by atoms with van der Waals surface area (Å²) in [5.41, 5.74) is -0.649. The first-order valence-corrected chi connectivity index (χ1v) is 9.64. The summed E-state index contributed by atoms with van der Waals surface area (Å²) in [7, 11) is 0. The third kappa shape index (κ3) is 6.03. The minimum atomic E-state index is -2.66. The van der Waals surface area contributed by atoms with E-state index in [1.54, 1.807) is 6.07 Å². The van der Waals surface area contributed by atoms with E-state index in [4.69, 9.17) is 28.9 Å². The van der Waals surface area contributed by atoms with Crippen LogP contribution in [0, 0.1) is 17.1 Å². The number of ether oxygens (including phenoxy) is 5. The van der Waals surface area contributed by atoms with Crippen molar-refractivity contribution in [1.29, 1.82) is 5.26 Å². The zero-order valence-electron chi connectivity index (χ0n) is 18.2. The predicted octanol–water partition coefficient (Wildman–Crippen LogP) is 0.599. The Bertz CT molecular complexity index is 990. The van der Waals surface area contributed by atoms with Gasteiger partial charge in [-0.15, -0.1) is 0 Å². The molecule has 1 aliphatic heterocycles. The maximum absolute atomic E-state index is 14.4. The first-order valence-electron chi connectivity index (χ1n) is 9.64. The van der Waals surface area contributed by atoms with Gasteiger partial charge in [0.2, 0.25) is 11.9 Å². The quantitative estimate of drug-likeness (QED) is 0.461. The molecular weight excluding hydrogens is 445 g/mol. The average molecular weight is 467 g/mol. The highest BCUT2D eigenvalue weighted by atomic mass is 19.1. The fourth-order valence-corrected chi connectivity index (χ4v) is 3.34. The van der Waals surface area contributed by atoms with Crippen LogP contribution < -0.4 is 0 Å². The molecule has 1 aromatic carbocycles. The van der Waals surface area contributed by atoms with Crippen molar-refractivity contribution in [2.45, 2.75) is 57.9 Å². The largest absolute Gasteiger partial charge is 0.463 e. The van der Waals surface area contributed by atoms with E-state index < -0.39 is 66.5 Å². The number of hydrogen-bond donors (Lipinski definition) is 1. The number of esters is 4. The lowest BCUT2D eigenvalue weighted by atomic mass is 9.87. The Morgan fingerprint density at radius 3 is 2.09 bits per heavy atom. The standard InChI is InChI=1S/C21H22FNO10/c1-10(24)29-9-17-18(30-11(2)25)19(31-12(3)26)20(32-13(4)27)21(28,33-17)15-6-5-14(8-23)16(22)7-15/h5-7,17-20,28H,9H2,1-4H3/t17-,18-,19+,20-,21?/m1/s1. The number of rotatable bonds is 6. The van der Waals surface area contributed by atoms with Gasteiger partial charge in [0.1, 0.15) is 24.6 Å². The molecule has 0 amide bonds. The number of carbonyl (C=O) groups is 4. The second kappa shape index (κ2) is 10.4. The molecule has 0 radical (unpaired) electrons. The highest BCUT2D eigenvalue weighted by Gasteiger charge is 2.60. The Kier molecular flexibility index (Phi) is 8.08.